The van der Waals surface area contributed by atoms with Crippen LogP contribution in [0, 0.1) is 0 Å². The number of carbonyl (C=O) groups excluding carboxylic acids is 1. The summed E-state index contributed by atoms with van der Waals surface area (Å²) in [7, 11) is 0. The van der Waals surface area contributed by atoms with E-state index in [4.69, 9.17) is 9.47 Å². The van der Waals surface area contributed by atoms with Gasteiger partial charge in [-0.25, -0.2) is 0 Å². The molecule has 0 aliphatic carbocycles. The number of unbranched alkanes of at least 4 members (excludes halogenated alkanes) is 50. The molecule has 484 valence electrons. The summed E-state index contributed by atoms with van der Waals surface area (Å²) in [4.78, 5) is 13.1. The van der Waals surface area contributed by atoms with Crippen LogP contribution in [0.2, 0.25) is 0 Å². The van der Waals surface area contributed by atoms with E-state index < -0.39 is 49.5 Å². The van der Waals surface area contributed by atoms with Crippen LogP contribution in [-0.2, 0) is 14.3 Å². The van der Waals surface area contributed by atoms with Crippen molar-refractivity contribution in [1.82, 2.24) is 5.32 Å². The van der Waals surface area contributed by atoms with Gasteiger partial charge in [-0.15, -0.1) is 0 Å². The summed E-state index contributed by atoms with van der Waals surface area (Å²) in [6, 6.07) is -0.828. The largest absolute Gasteiger partial charge is 0.394 e. The minimum absolute atomic E-state index is 0.183. The number of carbonyl (C=O) groups is 1. The molecule has 1 saturated heterocycles. The van der Waals surface area contributed by atoms with Gasteiger partial charge in [0.15, 0.2) is 6.29 Å². The minimum atomic E-state index is -1.57. The first-order valence-corrected chi connectivity index (χ1v) is 36.2. The molecule has 1 rings (SSSR count). The number of amides is 1. The fourth-order valence-electron chi connectivity index (χ4n) is 11.8. The lowest BCUT2D eigenvalue weighted by molar-refractivity contribution is -0.302. The third-order valence-electron chi connectivity index (χ3n) is 17.4. The van der Waals surface area contributed by atoms with Gasteiger partial charge < -0.3 is 40.3 Å². The fraction of sp³-hybridized carbons (Fsp3) is 0.904. The zero-order valence-electron chi connectivity index (χ0n) is 54.3. The van der Waals surface area contributed by atoms with Crippen LogP contribution in [0.25, 0.3) is 0 Å². The molecular formula is C73H139NO8. The molecule has 0 saturated carbocycles. The molecule has 1 fully saturated rings. The van der Waals surface area contributed by atoms with E-state index in [-0.39, 0.29) is 12.5 Å². The first kappa shape index (κ1) is 78.4. The summed E-state index contributed by atoms with van der Waals surface area (Å²) in [5.41, 5.74) is 0. The number of aliphatic hydroxyl groups is 5. The van der Waals surface area contributed by atoms with E-state index in [0.29, 0.717) is 6.42 Å². The van der Waals surface area contributed by atoms with Crippen LogP contribution >= 0.6 is 0 Å². The van der Waals surface area contributed by atoms with Crippen molar-refractivity contribution in [3.05, 3.63) is 36.5 Å². The van der Waals surface area contributed by atoms with Crippen LogP contribution < -0.4 is 5.32 Å². The highest BCUT2D eigenvalue weighted by atomic mass is 16.7. The first-order chi connectivity index (χ1) is 40.3. The van der Waals surface area contributed by atoms with Gasteiger partial charge in [0.25, 0.3) is 0 Å². The minimum Gasteiger partial charge on any atom is -0.394 e. The molecule has 0 aromatic carbocycles. The third-order valence-corrected chi connectivity index (χ3v) is 17.4. The molecule has 9 nitrogen and oxygen atoms in total. The molecular weight excluding hydrogens is 1020 g/mol. The number of nitrogens with one attached hydrogen (secondary N) is 1. The number of hydrogen-bond donors (Lipinski definition) is 6. The molecule has 1 aliphatic heterocycles. The fourth-order valence-corrected chi connectivity index (χ4v) is 11.8. The highest BCUT2D eigenvalue weighted by Crippen LogP contribution is 2.24. The Morgan fingerprint density at radius 3 is 1.02 bits per heavy atom. The number of aliphatic hydroxyl groups excluding tert-OH is 5. The second-order valence-corrected chi connectivity index (χ2v) is 25.4. The molecule has 0 spiro atoms. The SMILES string of the molecule is CCCCCCCCCCCCCCCCCC/C=C/CC/C=C/CC/C=C/C(O)C(COC1OC(CO)C(O)C(O)C1O)NC(=O)CCCCCCCCCCCCCCCCCCCCCCCCCCCCCCCCCCC. The predicted octanol–water partition coefficient (Wildman–Crippen LogP) is 19.8. The van der Waals surface area contributed by atoms with Crippen molar-refractivity contribution >= 4 is 5.91 Å². The summed E-state index contributed by atoms with van der Waals surface area (Å²) in [5, 5.41) is 54.7. The van der Waals surface area contributed by atoms with Crippen molar-refractivity contribution in [2.45, 2.75) is 410 Å². The lowest BCUT2D eigenvalue weighted by Gasteiger charge is -2.40. The van der Waals surface area contributed by atoms with Crippen molar-refractivity contribution in [2.24, 2.45) is 0 Å². The van der Waals surface area contributed by atoms with Gasteiger partial charge in [0, 0.05) is 6.42 Å². The Hall–Kier alpha value is -1.59. The number of hydrogen-bond acceptors (Lipinski definition) is 8. The van der Waals surface area contributed by atoms with Crippen molar-refractivity contribution in [2.75, 3.05) is 13.2 Å². The van der Waals surface area contributed by atoms with Gasteiger partial charge in [0.2, 0.25) is 5.91 Å². The first-order valence-electron chi connectivity index (χ1n) is 36.2. The Morgan fingerprint density at radius 1 is 0.402 bits per heavy atom. The zero-order chi connectivity index (χ0) is 59.3. The molecule has 9 heteroatoms. The van der Waals surface area contributed by atoms with Crippen molar-refractivity contribution < 1.29 is 39.8 Å². The molecule has 0 bridgehead atoms. The average molecular weight is 1160 g/mol. The topological polar surface area (TPSA) is 149 Å². The van der Waals surface area contributed by atoms with Crippen LogP contribution in [0.4, 0.5) is 0 Å². The maximum atomic E-state index is 13.1. The molecule has 7 atom stereocenters. The number of ether oxygens (including phenoxy) is 2. The smallest absolute Gasteiger partial charge is 0.220 e. The van der Waals surface area contributed by atoms with Gasteiger partial charge in [0.1, 0.15) is 24.4 Å². The van der Waals surface area contributed by atoms with E-state index in [1.807, 2.05) is 6.08 Å². The van der Waals surface area contributed by atoms with Gasteiger partial charge >= 0.3 is 0 Å². The molecule has 1 heterocycles. The molecule has 0 aromatic rings. The lowest BCUT2D eigenvalue weighted by atomic mass is 9.99. The van der Waals surface area contributed by atoms with E-state index in [9.17, 15) is 30.3 Å². The molecule has 82 heavy (non-hydrogen) atoms. The van der Waals surface area contributed by atoms with Crippen molar-refractivity contribution in [3.63, 3.8) is 0 Å². The van der Waals surface area contributed by atoms with Crippen molar-refractivity contribution in [1.29, 1.82) is 0 Å². The summed E-state index contributed by atoms with van der Waals surface area (Å²) in [5.74, 6) is -0.183. The summed E-state index contributed by atoms with van der Waals surface area (Å²) < 4.78 is 11.3. The Balaban J connectivity index is 2.12. The number of allylic oxidation sites excluding steroid dienone is 5. The second kappa shape index (κ2) is 62.5. The van der Waals surface area contributed by atoms with Crippen LogP contribution in [0.15, 0.2) is 36.5 Å². The highest BCUT2D eigenvalue weighted by Gasteiger charge is 2.44. The normalized spacial score (nSPS) is 18.5. The predicted molar refractivity (Wildman–Crippen MR) is 350 cm³/mol. The lowest BCUT2D eigenvalue weighted by Crippen LogP contribution is -2.60. The van der Waals surface area contributed by atoms with Gasteiger partial charge in [0.05, 0.1) is 25.4 Å². The van der Waals surface area contributed by atoms with E-state index >= 15 is 0 Å². The number of rotatable bonds is 64. The van der Waals surface area contributed by atoms with E-state index in [1.165, 1.54) is 302 Å². The van der Waals surface area contributed by atoms with Crippen LogP contribution in [0.1, 0.15) is 367 Å². The molecule has 7 unspecified atom stereocenters. The molecule has 0 aromatic heterocycles. The molecule has 0 radical (unpaired) electrons. The van der Waals surface area contributed by atoms with Gasteiger partial charge in [-0.2, -0.15) is 0 Å². The quantitative estimate of drug-likeness (QED) is 0.0261. The van der Waals surface area contributed by atoms with Crippen LogP contribution in [0.3, 0.4) is 0 Å². The average Bonchev–Trinajstić information content (AvgIpc) is 3.52. The monoisotopic (exact) mass is 1160 g/mol. The van der Waals surface area contributed by atoms with Gasteiger partial charge in [-0.05, 0) is 44.9 Å². The zero-order valence-corrected chi connectivity index (χ0v) is 54.3. The van der Waals surface area contributed by atoms with Crippen molar-refractivity contribution in [3.8, 4) is 0 Å². The standard InChI is InChI=1S/C73H139NO8/c1-3-5-7-9-11-13-15-17-19-21-23-25-27-29-31-32-33-34-35-36-37-39-41-43-45-47-49-51-53-55-57-59-61-63-69(77)74-66(65-81-73-72(80)71(79)70(78)68(64-75)82-73)67(76)62-60-58-56-54-52-50-48-46-44-42-40-38-30-28-26-24-22-20-18-16-14-12-10-8-6-4-2/h44,46,52,54,60,62,66-68,70-73,75-76,78-80H,3-43,45,47-51,53,55-59,61,63-65H2,1-2H3,(H,74,77)/b46-44+,54-52+,62-60+. The second-order valence-electron chi connectivity index (χ2n) is 25.4. The Morgan fingerprint density at radius 2 is 0.695 bits per heavy atom. The Bertz CT molecular complexity index is 1390. The maximum absolute atomic E-state index is 13.1. The highest BCUT2D eigenvalue weighted by molar-refractivity contribution is 5.76. The van der Waals surface area contributed by atoms with E-state index in [2.05, 4.69) is 43.5 Å². The molecule has 1 amide bonds. The van der Waals surface area contributed by atoms with E-state index in [0.717, 1.165) is 44.9 Å². The van der Waals surface area contributed by atoms with Crippen LogP contribution in [-0.4, -0.2) is 87.5 Å². The summed E-state index contributed by atoms with van der Waals surface area (Å²) in [6.45, 7) is 3.82. The molecule has 1 aliphatic rings. The van der Waals surface area contributed by atoms with Gasteiger partial charge in [-0.1, -0.05) is 352 Å². The summed E-state index contributed by atoms with van der Waals surface area (Å²) >= 11 is 0. The molecule has 6 N–H and O–H groups in total. The maximum Gasteiger partial charge on any atom is 0.220 e. The van der Waals surface area contributed by atoms with E-state index in [1.54, 1.807) is 6.08 Å². The Labute approximate surface area is 508 Å². The Kier molecular flexibility index (Phi) is 59.7. The summed E-state index contributed by atoms with van der Waals surface area (Å²) in [6.07, 6.45) is 77.0. The van der Waals surface area contributed by atoms with Crippen LogP contribution in [0.5, 0.6) is 0 Å². The van der Waals surface area contributed by atoms with Gasteiger partial charge in [-0.3, -0.25) is 4.79 Å². The third kappa shape index (κ3) is 50.6.